The Hall–Kier alpha value is -2.71. The Labute approximate surface area is 168 Å². The summed E-state index contributed by atoms with van der Waals surface area (Å²) in [6, 6.07) is 8.66. The van der Waals surface area contributed by atoms with Gasteiger partial charge in [-0.3, -0.25) is 0 Å². The summed E-state index contributed by atoms with van der Waals surface area (Å²) >= 11 is 0. The van der Waals surface area contributed by atoms with Crippen molar-refractivity contribution in [1.29, 1.82) is 0 Å². The number of hydrogen-bond donors (Lipinski definition) is 0. The fourth-order valence-electron chi connectivity index (χ4n) is 3.15. The lowest BCUT2D eigenvalue weighted by atomic mass is 10.00. The van der Waals surface area contributed by atoms with Gasteiger partial charge in [0.15, 0.2) is 18.3 Å². The van der Waals surface area contributed by atoms with Crippen LogP contribution in [0.25, 0.3) is 0 Å². The van der Waals surface area contributed by atoms with Gasteiger partial charge in [-0.2, -0.15) is 0 Å². The molecule has 8 heteroatoms. The van der Waals surface area contributed by atoms with E-state index in [1.807, 2.05) is 0 Å². The predicted molar refractivity (Wildman–Crippen MR) is 99.3 cm³/mol. The minimum absolute atomic E-state index is 0.427. The molecule has 0 aliphatic carbocycles. The van der Waals surface area contributed by atoms with Gasteiger partial charge < -0.3 is 23.7 Å². The third kappa shape index (κ3) is 4.33. The van der Waals surface area contributed by atoms with Crippen LogP contribution < -0.4 is 0 Å². The minimum Gasteiger partial charge on any atom is -0.461 e. The molecule has 0 radical (unpaired) electrons. The topological polar surface area (TPSA) is 97.4 Å². The molecule has 3 rings (SSSR count). The highest BCUT2D eigenvalue weighted by molar-refractivity contribution is 5.87. The summed E-state index contributed by atoms with van der Waals surface area (Å²) < 4.78 is 27.9. The van der Waals surface area contributed by atoms with Crippen molar-refractivity contribution in [3.05, 3.63) is 48.0 Å². The Morgan fingerprint density at radius 2 is 1.45 bits per heavy atom. The maximum absolute atomic E-state index is 12.7. The lowest BCUT2D eigenvalue weighted by Gasteiger charge is -2.32. The van der Waals surface area contributed by atoms with Gasteiger partial charge in [0.05, 0.1) is 12.2 Å². The molecule has 0 unspecified atom stereocenters. The predicted octanol–water partition coefficient (Wildman–Crippen LogP) is 2.01. The van der Waals surface area contributed by atoms with Gasteiger partial charge in [-0.25, -0.2) is 14.4 Å². The molecule has 0 bridgehead atoms. The molecule has 0 amide bonds. The molecule has 3 atom stereocenters. The molecule has 0 N–H and O–H groups in total. The number of ether oxygens (including phenoxy) is 5. The molecule has 1 fully saturated rings. The molecular formula is C21H24O8. The number of hydrogen-bond acceptors (Lipinski definition) is 8. The Balaban J connectivity index is 2.02. The van der Waals surface area contributed by atoms with Crippen molar-refractivity contribution < 1.29 is 38.1 Å². The fourth-order valence-corrected chi connectivity index (χ4v) is 3.15. The summed E-state index contributed by atoms with van der Waals surface area (Å²) in [5, 5.41) is 0. The van der Waals surface area contributed by atoms with Crippen LogP contribution in [-0.2, 0) is 43.9 Å². The summed E-state index contributed by atoms with van der Waals surface area (Å²) in [7, 11) is 0. The summed E-state index contributed by atoms with van der Waals surface area (Å²) in [5.41, 5.74) is 0.478. The quantitative estimate of drug-likeness (QED) is 0.525. The first kappa shape index (κ1) is 21.0. The van der Waals surface area contributed by atoms with Crippen LogP contribution >= 0.6 is 0 Å². The van der Waals surface area contributed by atoms with Crippen molar-refractivity contribution in [2.45, 2.75) is 64.0 Å². The standard InChI is InChI=1S/C21H24O8/c1-12(2)25-19(23)17-18(20(24)26-13(3)4)29-21(28-17,14-8-6-5-7-9-14)15-10-11-16(22)27-15/h5-13,15,17-18H,1-4H3/t15-,17+,18+/m0/s1. The first-order chi connectivity index (χ1) is 13.7. The lowest BCUT2D eigenvalue weighted by Crippen LogP contribution is -2.42. The maximum Gasteiger partial charge on any atom is 0.339 e. The number of carbonyl (C=O) groups is 3. The second kappa shape index (κ2) is 8.34. The van der Waals surface area contributed by atoms with Crippen molar-refractivity contribution in [2.75, 3.05) is 0 Å². The van der Waals surface area contributed by atoms with E-state index >= 15 is 0 Å². The second-order valence-corrected chi connectivity index (χ2v) is 7.30. The molecular weight excluding hydrogens is 380 g/mol. The molecule has 1 aromatic carbocycles. The van der Waals surface area contributed by atoms with Gasteiger partial charge in [-0.1, -0.05) is 30.3 Å². The summed E-state index contributed by atoms with van der Waals surface area (Å²) in [6.07, 6.45) is -1.93. The molecule has 0 aromatic heterocycles. The normalized spacial score (nSPS) is 25.3. The lowest BCUT2D eigenvalue weighted by molar-refractivity contribution is -0.238. The zero-order valence-corrected chi connectivity index (χ0v) is 16.7. The van der Waals surface area contributed by atoms with Crippen LogP contribution in [0.1, 0.15) is 33.3 Å². The van der Waals surface area contributed by atoms with Crippen molar-refractivity contribution in [2.24, 2.45) is 0 Å². The van der Waals surface area contributed by atoms with E-state index in [-0.39, 0.29) is 0 Å². The van der Waals surface area contributed by atoms with E-state index in [1.165, 1.54) is 12.2 Å². The first-order valence-electron chi connectivity index (χ1n) is 9.44. The summed E-state index contributed by atoms with van der Waals surface area (Å²) in [4.78, 5) is 37.1. The van der Waals surface area contributed by atoms with Crippen molar-refractivity contribution >= 4 is 17.9 Å². The fraction of sp³-hybridized carbons (Fsp3) is 0.476. The Kier molecular flexibility index (Phi) is 6.04. The molecule has 1 aromatic rings. The van der Waals surface area contributed by atoms with Gasteiger partial charge in [-0.15, -0.1) is 0 Å². The van der Waals surface area contributed by atoms with Crippen LogP contribution in [0.4, 0.5) is 0 Å². The second-order valence-electron chi connectivity index (χ2n) is 7.30. The highest BCUT2D eigenvalue weighted by atomic mass is 16.8. The first-order valence-corrected chi connectivity index (χ1v) is 9.44. The average Bonchev–Trinajstić information content (AvgIpc) is 3.26. The van der Waals surface area contributed by atoms with E-state index in [0.717, 1.165) is 0 Å². The number of rotatable bonds is 6. The minimum atomic E-state index is -1.70. The smallest absolute Gasteiger partial charge is 0.339 e. The third-order valence-corrected chi connectivity index (χ3v) is 4.25. The van der Waals surface area contributed by atoms with Crippen LogP contribution in [0.15, 0.2) is 42.5 Å². The monoisotopic (exact) mass is 404 g/mol. The highest BCUT2D eigenvalue weighted by Gasteiger charge is 2.60. The molecule has 2 heterocycles. The van der Waals surface area contributed by atoms with E-state index in [2.05, 4.69) is 0 Å². The molecule has 8 nitrogen and oxygen atoms in total. The third-order valence-electron chi connectivity index (χ3n) is 4.25. The maximum atomic E-state index is 12.7. The van der Waals surface area contributed by atoms with Gasteiger partial charge in [0.1, 0.15) is 0 Å². The summed E-state index contributed by atoms with van der Waals surface area (Å²) in [5.74, 6) is -3.81. The van der Waals surface area contributed by atoms with Gasteiger partial charge in [-0.05, 0) is 33.8 Å². The van der Waals surface area contributed by atoms with Crippen LogP contribution in [0.3, 0.4) is 0 Å². The highest BCUT2D eigenvalue weighted by Crippen LogP contribution is 2.44. The largest absolute Gasteiger partial charge is 0.461 e. The van der Waals surface area contributed by atoms with Crippen LogP contribution in [0.5, 0.6) is 0 Å². The number of cyclic esters (lactones) is 1. The van der Waals surface area contributed by atoms with Crippen LogP contribution in [-0.4, -0.2) is 48.4 Å². The molecule has 156 valence electrons. The van der Waals surface area contributed by atoms with Gasteiger partial charge >= 0.3 is 17.9 Å². The SMILES string of the molecule is CC(C)OC(=O)[C@@H]1OC(c2ccccc2)([C@@H]2C=CC(=O)O2)O[C@H]1C(=O)OC(C)C. The van der Waals surface area contributed by atoms with Crippen LogP contribution in [0, 0.1) is 0 Å². The summed E-state index contributed by atoms with van der Waals surface area (Å²) in [6.45, 7) is 6.73. The van der Waals surface area contributed by atoms with Crippen molar-refractivity contribution in [3.63, 3.8) is 0 Å². The number of benzene rings is 1. The molecule has 1 saturated heterocycles. The number of carbonyl (C=O) groups excluding carboxylic acids is 3. The van der Waals surface area contributed by atoms with E-state index in [4.69, 9.17) is 23.7 Å². The Morgan fingerprint density at radius 1 is 0.931 bits per heavy atom. The van der Waals surface area contributed by atoms with Crippen LogP contribution in [0.2, 0.25) is 0 Å². The zero-order valence-electron chi connectivity index (χ0n) is 16.7. The van der Waals surface area contributed by atoms with E-state index in [1.54, 1.807) is 58.0 Å². The molecule has 2 aliphatic heterocycles. The van der Waals surface area contributed by atoms with Gasteiger partial charge in [0.2, 0.25) is 5.79 Å². The van der Waals surface area contributed by atoms with E-state index < -0.39 is 54.2 Å². The molecule has 0 spiro atoms. The number of esters is 3. The van der Waals surface area contributed by atoms with Gasteiger partial charge in [0, 0.05) is 11.6 Å². The van der Waals surface area contributed by atoms with E-state index in [0.29, 0.717) is 5.56 Å². The average molecular weight is 404 g/mol. The van der Waals surface area contributed by atoms with E-state index in [9.17, 15) is 14.4 Å². The Morgan fingerprint density at radius 3 is 1.86 bits per heavy atom. The molecule has 29 heavy (non-hydrogen) atoms. The zero-order chi connectivity index (χ0) is 21.2. The molecule has 2 aliphatic rings. The molecule has 0 saturated carbocycles. The van der Waals surface area contributed by atoms with Gasteiger partial charge in [0.25, 0.3) is 0 Å². The van der Waals surface area contributed by atoms with Crippen molar-refractivity contribution in [3.8, 4) is 0 Å². The Bertz CT molecular complexity index is 768. The van der Waals surface area contributed by atoms with Crippen molar-refractivity contribution in [1.82, 2.24) is 0 Å².